The summed E-state index contributed by atoms with van der Waals surface area (Å²) in [5.74, 6) is 0.402. The van der Waals surface area contributed by atoms with Crippen LogP contribution in [0.5, 0.6) is 11.5 Å². The number of thioether (sulfide) groups is 1. The fourth-order valence-electron chi connectivity index (χ4n) is 2.53. The first-order valence-corrected chi connectivity index (χ1v) is 8.46. The topological polar surface area (TPSA) is 81.6 Å². The minimum atomic E-state index is -0.555. The second-order valence-electron chi connectivity index (χ2n) is 5.40. The van der Waals surface area contributed by atoms with Gasteiger partial charge in [0, 0.05) is 24.4 Å². The van der Waals surface area contributed by atoms with E-state index in [9.17, 15) is 9.59 Å². The predicted molar refractivity (Wildman–Crippen MR) is 93.1 cm³/mol. The maximum Gasteiger partial charge on any atom is 0.248 e. The first kappa shape index (κ1) is 17.2. The van der Waals surface area contributed by atoms with Crippen LogP contribution in [-0.4, -0.2) is 41.3 Å². The van der Waals surface area contributed by atoms with Crippen LogP contribution in [0.1, 0.15) is 12.1 Å². The van der Waals surface area contributed by atoms with Crippen LogP contribution >= 0.6 is 11.8 Å². The maximum absolute atomic E-state index is 12.8. The summed E-state index contributed by atoms with van der Waals surface area (Å²) in [5.41, 5.74) is 1.22. The van der Waals surface area contributed by atoms with Gasteiger partial charge in [-0.3, -0.25) is 9.59 Å². The molecule has 2 aromatic rings. The highest BCUT2D eigenvalue weighted by Gasteiger charge is 2.41. The van der Waals surface area contributed by atoms with Crippen molar-refractivity contribution in [1.82, 2.24) is 9.97 Å². The number of rotatable bonds is 5. The molecule has 130 valence electrons. The summed E-state index contributed by atoms with van der Waals surface area (Å²) in [7, 11) is 3.02. The number of amides is 2. The Balaban J connectivity index is 1.86. The van der Waals surface area contributed by atoms with Gasteiger partial charge in [-0.25, -0.2) is 14.9 Å². The zero-order valence-electron chi connectivity index (χ0n) is 14.1. The average molecular weight is 359 g/mol. The summed E-state index contributed by atoms with van der Waals surface area (Å²) >= 11 is 1.20. The number of hydrogen-bond acceptors (Lipinski definition) is 7. The average Bonchev–Trinajstić information content (AvgIpc) is 2.88. The van der Waals surface area contributed by atoms with Gasteiger partial charge in [0.05, 0.1) is 19.9 Å². The van der Waals surface area contributed by atoms with E-state index in [1.54, 1.807) is 30.5 Å². The van der Waals surface area contributed by atoms with Crippen molar-refractivity contribution in [2.75, 3.05) is 19.1 Å². The monoisotopic (exact) mass is 359 g/mol. The van der Waals surface area contributed by atoms with Crippen molar-refractivity contribution in [1.29, 1.82) is 0 Å². The quantitative estimate of drug-likeness (QED) is 0.598. The highest BCUT2D eigenvalue weighted by molar-refractivity contribution is 8.00. The maximum atomic E-state index is 12.8. The molecule has 1 saturated heterocycles. The molecule has 1 aromatic carbocycles. The molecule has 0 N–H and O–H groups in total. The molecule has 0 unspecified atom stereocenters. The predicted octanol–water partition coefficient (Wildman–Crippen LogP) is 2.23. The highest BCUT2D eigenvalue weighted by atomic mass is 32.2. The molecule has 1 aromatic heterocycles. The second-order valence-corrected chi connectivity index (χ2v) is 6.57. The van der Waals surface area contributed by atoms with E-state index < -0.39 is 5.25 Å². The normalized spacial score (nSPS) is 17.1. The van der Waals surface area contributed by atoms with Crippen LogP contribution in [0, 0.1) is 6.92 Å². The fraction of sp³-hybridized carbons (Fsp3) is 0.294. The molecule has 0 aliphatic carbocycles. The van der Waals surface area contributed by atoms with E-state index in [4.69, 9.17) is 9.47 Å². The molecule has 0 saturated carbocycles. The zero-order chi connectivity index (χ0) is 18.0. The Morgan fingerprint density at radius 3 is 2.68 bits per heavy atom. The number of anilines is 1. The van der Waals surface area contributed by atoms with Crippen LogP contribution in [0.25, 0.3) is 0 Å². The molecule has 2 amide bonds. The smallest absolute Gasteiger partial charge is 0.248 e. The number of methoxy groups -OCH3 is 2. The summed E-state index contributed by atoms with van der Waals surface area (Å²) in [6.45, 7) is 1.85. The minimum absolute atomic E-state index is 0.0932. The minimum Gasteiger partial charge on any atom is -0.497 e. The van der Waals surface area contributed by atoms with Gasteiger partial charge in [-0.15, -0.1) is 0 Å². The van der Waals surface area contributed by atoms with Gasteiger partial charge in [-0.05, 0) is 25.1 Å². The lowest BCUT2D eigenvalue weighted by molar-refractivity contribution is -0.121. The Morgan fingerprint density at radius 1 is 1.20 bits per heavy atom. The Morgan fingerprint density at radius 2 is 2.00 bits per heavy atom. The van der Waals surface area contributed by atoms with Gasteiger partial charge in [0.1, 0.15) is 16.7 Å². The third kappa shape index (κ3) is 3.43. The molecule has 1 atom stereocenters. The van der Waals surface area contributed by atoms with Crippen LogP contribution in [0.4, 0.5) is 5.69 Å². The number of carbonyl (C=O) groups excluding carboxylic acids is 2. The summed E-state index contributed by atoms with van der Waals surface area (Å²) < 4.78 is 10.5. The molecular formula is C17H17N3O4S. The number of benzene rings is 1. The lowest BCUT2D eigenvalue weighted by atomic mass is 10.2. The lowest BCUT2D eigenvalue weighted by Crippen LogP contribution is -2.31. The Kier molecular flexibility index (Phi) is 4.89. The van der Waals surface area contributed by atoms with Crippen LogP contribution in [0.2, 0.25) is 0 Å². The number of aryl methyl sites for hydroxylation is 1. The van der Waals surface area contributed by atoms with E-state index in [1.807, 2.05) is 6.92 Å². The van der Waals surface area contributed by atoms with Crippen molar-refractivity contribution in [3.05, 3.63) is 36.2 Å². The number of carbonyl (C=O) groups is 2. The first-order valence-electron chi connectivity index (χ1n) is 7.58. The van der Waals surface area contributed by atoms with E-state index in [0.29, 0.717) is 22.3 Å². The van der Waals surface area contributed by atoms with Crippen molar-refractivity contribution in [3.63, 3.8) is 0 Å². The van der Waals surface area contributed by atoms with Gasteiger partial charge in [0.2, 0.25) is 11.8 Å². The number of nitrogens with zero attached hydrogens (tertiary/aromatic N) is 3. The lowest BCUT2D eigenvalue weighted by Gasteiger charge is -2.18. The van der Waals surface area contributed by atoms with E-state index in [2.05, 4.69) is 9.97 Å². The van der Waals surface area contributed by atoms with Gasteiger partial charge in [0.15, 0.2) is 5.16 Å². The molecule has 25 heavy (non-hydrogen) atoms. The van der Waals surface area contributed by atoms with Crippen LogP contribution in [0.3, 0.4) is 0 Å². The van der Waals surface area contributed by atoms with Crippen molar-refractivity contribution in [3.8, 4) is 11.5 Å². The molecule has 0 radical (unpaired) electrons. The van der Waals surface area contributed by atoms with E-state index in [-0.39, 0.29) is 18.2 Å². The van der Waals surface area contributed by atoms with Gasteiger partial charge >= 0.3 is 0 Å². The van der Waals surface area contributed by atoms with Crippen molar-refractivity contribution >= 4 is 29.3 Å². The first-order chi connectivity index (χ1) is 12.0. The Bertz CT molecular complexity index is 827. The molecule has 0 spiro atoms. The largest absolute Gasteiger partial charge is 0.497 e. The van der Waals surface area contributed by atoms with Crippen LogP contribution in [-0.2, 0) is 9.59 Å². The molecule has 3 rings (SSSR count). The summed E-state index contributed by atoms with van der Waals surface area (Å²) in [4.78, 5) is 34.8. The van der Waals surface area contributed by atoms with Gasteiger partial charge < -0.3 is 9.47 Å². The second kappa shape index (κ2) is 7.10. The van der Waals surface area contributed by atoms with E-state index in [0.717, 1.165) is 10.6 Å². The van der Waals surface area contributed by atoms with E-state index in [1.165, 1.54) is 26.0 Å². The Hall–Kier alpha value is -2.61. The van der Waals surface area contributed by atoms with Crippen LogP contribution < -0.4 is 14.4 Å². The van der Waals surface area contributed by atoms with Crippen molar-refractivity contribution < 1.29 is 19.1 Å². The van der Waals surface area contributed by atoms with Crippen LogP contribution in [0.15, 0.2) is 35.6 Å². The van der Waals surface area contributed by atoms with Gasteiger partial charge in [-0.1, -0.05) is 11.8 Å². The van der Waals surface area contributed by atoms with Gasteiger partial charge in [-0.2, -0.15) is 0 Å². The Labute approximate surface area is 149 Å². The SMILES string of the molecule is COc1ccc(N2C(=O)C[C@H](Sc3nccc(C)n3)C2=O)c(OC)c1. The third-order valence-electron chi connectivity index (χ3n) is 3.75. The number of aromatic nitrogens is 2. The molecule has 2 heterocycles. The van der Waals surface area contributed by atoms with E-state index >= 15 is 0 Å². The fourth-order valence-corrected chi connectivity index (χ4v) is 3.53. The third-order valence-corrected chi connectivity index (χ3v) is 4.81. The molecule has 1 aliphatic heterocycles. The molecule has 1 fully saturated rings. The molecule has 1 aliphatic rings. The summed E-state index contributed by atoms with van der Waals surface area (Å²) in [6.07, 6.45) is 1.73. The highest BCUT2D eigenvalue weighted by Crippen LogP contribution is 2.38. The molecular weight excluding hydrogens is 342 g/mol. The van der Waals surface area contributed by atoms with Gasteiger partial charge in [0.25, 0.3) is 0 Å². The molecule has 7 nitrogen and oxygen atoms in total. The molecule has 8 heteroatoms. The number of hydrogen-bond donors (Lipinski definition) is 0. The molecule has 0 bridgehead atoms. The number of imide groups is 1. The summed E-state index contributed by atoms with van der Waals surface area (Å²) in [6, 6.07) is 6.74. The number of ether oxygens (including phenoxy) is 2. The van der Waals surface area contributed by atoms with Crippen molar-refractivity contribution in [2.45, 2.75) is 23.8 Å². The standard InChI is InChI=1S/C17H17N3O4S/c1-10-6-7-18-17(19-10)25-14-9-15(21)20(16(14)22)12-5-4-11(23-2)8-13(12)24-3/h4-8,14H,9H2,1-3H3/t14-/m0/s1. The summed E-state index contributed by atoms with van der Waals surface area (Å²) in [5, 5.41) is -0.0733. The zero-order valence-corrected chi connectivity index (χ0v) is 14.9. The van der Waals surface area contributed by atoms with Crippen molar-refractivity contribution in [2.24, 2.45) is 0 Å².